The summed E-state index contributed by atoms with van der Waals surface area (Å²) in [7, 11) is 0. The summed E-state index contributed by atoms with van der Waals surface area (Å²) in [5.41, 5.74) is 3.93. The van der Waals surface area contributed by atoms with Crippen LogP contribution in [0, 0.1) is 10.1 Å². The predicted molar refractivity (Wildman–Crippen MR) is 52.3 cm³/mol. The zero-order chi connectivity index (χ0) is 11.6. The van der Waals surface area contributed by atoms with Gasteiger partial charge in [0, 0.05) is 12.1 Å². The van der Waals surface area contributed by atoms with E-state index in [0.717, 1.165) is 6.07 Å². The SMILES string of the molecule is CC(N)(C(=O)O)c1cccc([N+](=O)[O-])c1. The number of nitro benzene ring substituents is 1. The van der Waals surface area contributed by atoms with Gasteiger partial charge in [0.05, 0.1) is 4.92 Å². The van der Waals surface area contributed by atoms with E-state index in [9.17, 15) is 14.9 Å². The molecule has 6 nitrogen and oxygen atoms in total. The van der Waals surface area contributed by atoms with Crippen molar-refractivity contribution in [1.29, 1.82) is 0 Å². The molecule has 1 unspecified atom stereocenters. The second-order valence-electron chi connectivity index (χ2n) is 3.31. The summed E-state index contributed by atoms with van der Waals surface area (Å²) in [5.74, 6) is -1.23. The van der Waals surface area contributed by atoms with Gasteiger partial charge in [0.2, 0.25) is 0 Å². The molecule has 0 fully saturated rings. The highest BCUT2D eigenvalue weighted by Gasteiger charge is 2.31. The van der Waals surface area contributed by atoms with Crippen molar-refractivity contribution in [2.75, 3.05) is 0 Å². The van der Waals surface area contributed by atoms with Gasteiger partial charge >= 0.3 is 5.97 Å². The molecular weight excluding hydrogens is 200 g/mol. The zero-order valence-corrected chi connectivity index (χ0v) is 8.01. The van der Waals surface area contributed by atoms with Gasteiger partial charge in [0.25, 0.3) is 5.69 Å². The number of nitro groups is 1. The van der Waals surface area contributed by atoms with Crippen LogP contribution in [0.5, 0.6) is 0 Å². The molecule has 0 aliphatic carbocycles. The summed E-state index contributed by atoms with van der Waals surface area (Å²) >= 11 is 0. The molecule has 0 radical (unpaired) electrons. The van der Waals surface area contributed by atoms with Gasteiger partial charge in [-0.15, -0.1) is 0 Å². The van der Waals surface area contributed by atoms with Crippen LogP contribution in [0.2, 0.25) is 0 Å². The maximum atomic E-state index is 10.8. The first-order chi connectivity index (χ1) is 6.85. The number of rotatable bonds is 3. The van der Waals surface area contributed by atoms with Crippen molar-refractivity contribution in [3.63, 3.8) is 0 Å². The Bertz CT molecular complexity index is 414. The Hall–Kier alpha value is -1.95. The number of aliphatic carboxylic acids is 1. The molecule has 0 aliphatic rings. The number of carboxylic acid groups (broad SMARTS) is 1. The number of hydrogen-bond acceptors (Lipinski definition) is 4. The minimum Gasteiger partial charge on any atom is -0.480 e. The van der Waals surface area contributed by atoms with Crippen LogP contribution >= 0.6 is 0 Å². The summed E-state index contributed by atoms with van der Waals surface area (Å²) in [6.45, 7) is 1.29. The van der Waals surface area contributed by atoms with Crippen molar-refractivity contribution < 1.29 is 14.8 Å². The molecule has 1 atom stereocenters. The lowest BCUT2D eigenvalue weighted by Crippen LogP contribution is -2.41. The number of carboxylic acids is 1. The lowest BCUT2D eigenvalue weighted by atomic mass is 9.93. The van der Waals surface area contributed by atoms with Crippen LogP contribution < -0.4 is 5.73 Å². The Balaban J connectivity index is 3.21. The van der Waals surface area contributed by atoms with Gasteiger partial charge in [-0.2, -0.15) is 0 Å². The summed E-state index contributed by atoms with van der Waals surface area (Å²) in [6.07, 6.45) is 0. The van der Waals surface area contributed by atoms with Crippen LogP contribution in [0.15, 0.2) is 24.3 Å². The summed E-state index contributed by atoms with van der Waals surface area (Å²) in [6, 6.07) is 5.29. The summed E-state index contributed by atoms with van der Waals surface area (Å²) < 4.78 is 0. The third-order valence-electron chi connectivity index (χ3n) is 2.10. The molecule has 80 valence electrons. The standard InChI is InChI=1S/C9H10N2O4/c1-9(10,8(12)13)6-3-2-4-7(5-6)11(14)15/h2-5H,10H2,1H3,(H,12,13). The molecule has 0 bridgehead atoms. The van der Waals surface area contributed by atoms with E-state index in [0.29, 0.717) is 0 Å². The highest BCUT2D eigenvalue weighted by molar-refractivity contribution is 5.80. The van der Waals surface area contributed by atoms with Crippen molar-refractivity contribution in [3.05, 3.63) is 39.9 Å². The van der Waals surface area contributed by atoms with Gasteiger partial charge in [-0.3, -0.25) is 10.1 Å². The van der Waals surface area contributed by atoms with E-state index in [4.69, 9.17) is 10.8 Å². The molecule has 0 saturated carbocycles. The average molecular weight is 210 g/mol. The molecule has 0 amide bonds. The van der Waals surface area contributed by atoms with Crippen LogP contribution in [0.1, 0.15) is 12.5 Å². The largest absolute Gasteiger partial charge is 0.480 e. The fraction of sp³-hybridized carbons (Fsp3) is 0.222. The van der Waals surface area contributed by atoms with E-state index >= 15 is 0 Å². The topological polar surface area (TPSA) is 106 Å². The number of nitrogens with two attached hydrogens (primary N) is 1. The highest BCUT2D eigenvalue weighted by atomic mass is 16.6. The second kappa shape index (κ2) is 3.66. The van der Waals surface area contributed by atoms with Crippen molar-refractivity contribution >= 4 is 11.7 Å². The molecule has 3 N–H and O–H groups in total. The molecule has 1 aromatic rings. The van der Waals surface area contributed by atoms with E-state index in [1.54, 1.807) is 0 Å². The van der Waals surface area contributed by atoms with E-state index in [-0.39, 0.29) is 11.3 Å². The molecule has 0 saturated heterocycles. The van der Waals surface area contributed by atoms with Gasteiger partial charge in [0.15, 0.2) is 0 Å². The molecular formula is C9H10N2O4. The normalized spacial score (nSPS) is 14.3. The fourth-order valence-corrected chi connectivity index (χ4v) is 1.07. The van der Waals surface area contributed by atoms with E-state index in [1.807, 2.05) is 0 Å². The van der Waals surface area contributed by atoms with E-state index in [2.05, 4.69) is 0 Å². The quantitative estimate of drug-likeness (QED) is 0.568. The first-order valence-corrected chi connectivity index (χ1v) is 4.13. The van der Waals surface area contributed by atoms with E-state index in [1.165, 1.54) is 25.1 Å². The first-order valence-electron chi connectivity index (χ1n) is 4.13. The monoisotopic (exact) mass is 210 g/mol. The summed E-state index contributed by atoms with van der Waals surface area (Å²) in [5, 5.41) is 19.3. The lowest BCUT2D eigenvalue weighted by Gasteiger charge is -2.18. The Morgan fingerprint density at radius 2 is 2.20 bits per heavy atom. The smallest absolute Gasteiger partial charge is 0.328 e. The van der Waals surface area contributed by atoms with E-state index < -0.39 is 16.4 Å². The third-order valence-corrected chi connectivity index (χ3v) is 2.10. The Morgan fingerprint density at radius 1 is 1.60 bits per heavy atom. The molecule has 0 heterocycles. The zero-order valence-electron chi connectivity index (χ0n) is 8.01. The Kier molecular flexibility index (Phi) is 2.71. The minimum atomic E-state index is -1.62. The maximum absolute atomic E-state index is 10.8. The molecule has 1 rings (SSSR count). The molecule has 0 spiro atoms. The average Bonchev–Trinajstić information content (AvgIpc) is 2.17. The van der Waals surface area contributed by atoms with Crippen LogP contribution in [0.4, 0.5) is 5.69 Å². The number of hydrogen-bond donors (Lipinski definition) is 2. The van der Waals surface area contributed by atoms with Crippen molar-refractivity contribution in [2.45, 2.75) is 12.5 Å². The lowest BCUT2D eigenvalue weighted by molar-refractivity contribution is -0.384. The van der Waals surface area contributed by atoms with Crippen molar-refractivity contribution in [1.82, 2.24) is 0 Å². The predicted octanol–water partition coefficient (Wildman–Crippen LogP) is 0.853. The second-order valence-corrected chi connectivity index (χ2v) is 3.31. The molecule has 6 heteroatoms. The third kappa shape index (κ3) is 2.10. The number of carbonyl (C=O) groups is 1. The maximum Gasteiger partial charge on any atom is 0.328 e. The van der Waals surface area contributed by atoms with Crippen molar-refractivity contribution in [2.24, 2.45) is 5.73 Å². The van der Waals surface area contributed by atoms with Crippen LogP contribution in [-0.4, -0.2) is 16.0 Å². The fourth-order valence-electron chi connectivity index (χ4n) is 1.07. The number of nitrogens with zero attached hydrogens (tertiary/aromatic N) is 1. The number of benzene rings is 1. The van der Waals surface area contributed by atoms with Crippen LogP contribution in [0.25, 0.3) is 0 Å². The minimum absolute atomic E-state index is 0.176. The van der Waals surface area contributed by atoms with Crippen molar-refractivity contribution in [3.8, 4) is 0 Å². The molecule has 15 heavy (non-hydrogen) atoms. The van der Waals surface area contributed by atoms with Gasteiger partial charge in [-0.05, 0) is 12.5 Å². The van der Waals surface area contributed by atoms with Crippen LogP contribution in [-0.2, 0) is 10.3 Å². The molecule has 0 aliphatic heterocycles. The highest BCUT2D eigenvalue weighted by Crippen LogP contribution is 2.22. The van der Waals surface area contributed by atoms with Gasteiger partial charge in [-0.25, -0.2) is 4.79 Å². The van der Waals surface area contributed by atoms with Gasteiger partial charge < -0.3 is 10.8 Å². The summed E-state index contributed by atoms with van der Waals surface area (Å²) in [4.78, 5) is 20.7. The number of non-ortho nitro benzene ring substituents is 1. The van der Waals surface area contributed by atoms with Crippen LogP contribution in [0.3, 0.4) is 0 Å². The molecule has 0 aromatic heterocycles. The Labute approximate surface area is 85.5 Å². The van der Waals surface area contributed by atoms with Gasteiger partial charge in [-0.1, -0.05) is 12.1 Å². The molecule has 1 aromatic carbocycles. The van der Waals surface area contributed by atoms with Gasteiger partial charge in [0.1, 0.15) is 5.54 Å². The Morgan fingerprint density at radius 3 is 2.67 bits per heavy atom. The first kappa shape index (κ1) is 11.1.